The van der Waals surface area contributed by atoms with Crippen molar-refractivity contribution in [3.63, 3.8) is 0 Å². The monoisotopic (exact) mass is 513 g/mol. The van der Waals surface area contributed by atoms with Crippen LogP contribution in [0.5, 0.6) is 0 Å². The fourth-order valence-corrected chi connectivity index (χ4v) is 3.90. The summed E-state index contributed by atoms with van der Waals surface area (Å²) in [5.74, 6) is -0.643. The van der Waals surface area contributed by atoms with E-state index in [1.54, 1.807) is 31.2 Å². The van der Waals surface area contributed by atoms with Crippen molar-refractivity contribution in [2.24, 2.45) is 10.5 Å². The Bertz CT molecular complexity index is 1120. The summed E-state index contributed by atoms with van der Waals surface area (Å²) in [6.07, 6.45) is -4.56. The predicted molar refractivity (Wildman–Crippen MR) is 124 cm³/mol. The number of esters is 1. The Kier molecular flexibility index (Phi) is 7.57. The highest BCUT2D eigenvalue weighted by Gasteiger charge is 2.52. The Morgan fingerprint density at radius 3 is 2.32 bits per heavy atom. The summed E-state index contributed by atoms with van der Waals surface area (Å²) in [5.41, 5.74) is -1.43. The van der Waals surface area contributed by atoms with Crippen molar-refractivity contribution in [3.05, 3.63) is 76.3 Å². The van der Waals surface area contributed by atoms with E-state index >= 15 is 0 Å². The zero-order chi connectivity index (χ0) is 25.1. The second kappa shape index (κ2) is 10.1. The van der Waals surface area contributed by atoms with Crippen LogP contribution in [0.15, 0.2) is 65.2 Å². The third-order valence-corrected chi connectivity index (χ3v) is 5.45. The van der Waals surface area contributed by atoms with Gasteiger partial charge >= 0.3 is 18.2 Å². The number of allylic oxidation sites excluding steroid dienone is 1. The molecule has 1 aliphatic rings. The number of hydrogen-bond donors (Lipinski definition) is 1. The van der Waals surface area contributed by atoms with E-state index in [2.05, 4.69) is 17.0 Å². The first kappa shape index (κ1) is 25.6. The van der Waals surface area contributed by atoms with Gasteiger partial charge in [0, 0.05) is 22.2 Å². The molecule has 0 bridgehead atoms. The number of anilines is 1. The molecule has 1 unspecified atom stereocenters. The zero-order valence-electron chi connectivity index (χ0n) is 18.0. The number of amides is 2. The predicted octanol–water partition coefficient (Wildman–Crippen LogP) is 6.30. The number of nitrogens with zero attached hydrogens (tertiary/aromatic N) is 2. The number of rotatable bonds is 6. The molecular weight excluding hydrogens is 494 g/mol. The Balaban J connectivity index is 1.96. The van der Waals surface area contributed by atoms with E-state index in [9.17, 15) is 22.8 Å². The molecule has 0 saturated heterocycles. The van der Waals surface area contributed by atoms with Crippen molar-refractivity contribution < 1.29 is 27.5 Å². The van der Waals surface area contributed by atoms with E-state index in [4.69, 9.17) is 27.9 Å². The van der Waals surface area contributed by atoms with E-state index in [0.29, 0.717) is 10.6 Å². The number of alkyl halides is 3. The molecular formula is C23H20Cl2F3N3O3. The molecule has 0 aromatic heterocycles. The van der Waals surface area contributed by atoms with Gasteiger partial charge < -0.3 is 10.1 Å². The van der Waals surface area contributed by atoms with E-state index < -0.39 is 29.2 Å². The molecule has 0 fully saturated rings. The third kappa shape index (κ3) is 5.53. The molecule has 34 heavy (non-hydrogen) atoms. The average Bonchev–Trinajstić information content (AvgIpc) is 3.14. The average molecular weight is 514 g/mol. The van der Waals surface area contributed by atoms with Gasteiger partial charge in [0.1, 0.15) is 5.41 Å². The molecule has 2 amide bonds. The number of carbonyl (C=O) groups excluding carboxylic acids is 2. The molecule has 180 valence electrons. The third-order valence-electron chi connectivity index (χ3n) is 5.07. The molecule has 2 aromatic carbocycles. The van der Waals surface area contributed by atoms with Crippen LogP contribution in [0.4, 0.5) is 23.7 Å². The van der Waals surface area contributed by atoms with Gasteiger partial charge in [0.25, 0.3) is 0 Å². The van der Waals surface area contributed by atoms with Crippen LogP contribution < -0.4 is 5.32 Å². The van der Waals surface area contributed by atoms with Gasteiger partial charge in [-0.2, -0.15) is 18.3 Å². The molecule has 1 N–H and O–H groups in total. The van der Waals surface area contributed by atoms with E-state index in [1.807, 2.05) is 0 Å². The van der Waals surface area contributed by atoms with E-state index in [1.165, 1.54) is 0 Å². The highest BCUT2D eigenvalue weighted by atomic mass is 35.5. The van der Waals surface area contributed by atoms with Crippen LogP contribution in [0, 0.1) is 5.41 Å². The zero-order valence-corrected chi connectivity index (χ0v) is 19.5. The van der Waals surface area contributed by atoms with E-state index in [-0.39, 0.29) is 36.0 Å². The van der Waals surface area contributed by atoms with Crippen LogP contribution in [0.1, 0.15) is 24.5 Å². The summed E-state index contributed by atoms with van der Waals surface area (Å²) in [6, 6.07) is 9.69. The van der Waals surface area contributed by atoms with Gasteiger partial charge in [-0.25, -0.2) is 9.80 Å². The molecule has 1 atom stereocenters. The van der Waals surface area contributed by atoms with Crippen LogP contribution >= 0.6 is 23.2 Å². The summed E-state index contributed by atoms with van der Waals surface area (Å²) in [6.45, 7) is 5.19. The largest absolute Gasteiger partial charge is 0.465 e. The minimum absolute atomic E-state index is 0.0566. The number of carbonyl (C=O) groups is 2. The molecule has 6 nitrogen and oxygen atoms in total. The van der Waals surface area contributed by atoms with Crippen LogP contribution in [-0.2, 0) is 15.7 Å². The lowest BCUT2D eigenvalue weighted by atomic mass is 9.77. The van der Waals surface area contributed by atoms with Crippen molar-refractivity contribution in [2.75, 3.05) is 18.5 Å². The Hall–Kier alpha value is -3.04. The maximum absolute atomic E-state index is 13.1. The highest BCUT2D eigenvalue weighted by molar-refractivity contribution is 6.31. The molecule has 0 saturated carbocycles. The summed E-state index contributed by atoms with van der Waals surface area (Å²) in [5, 5.41) is 8.48. The number of ether oxygens (including phenoxy) is 1. The number of benzene rings is 2. The van der Waals surface area contributed by atoms with Crippen LogP contribution in [-0.4, -0.2) is 35.9 Å². The van der Waals surface area contributed by atoms with Gasteiger partial charge in [0.2, 0.25) is 0 Å². The molecule has 0 radical (unpaired) electrons. The molecule has 11 heteroatoms. The number of nitrogens with one attached hydrogen (secondary N) is 1. The molecule has 1 aliphatic heterocycles. The molecule has 1 heterocycles. The lowest BCUT2D eigenvalue weighted by molar-refractivity contribution is -0.151. The molecule has 0 aliphatic carbocycles. The molecule has 3 rings (SSSR count). The quantitative estimate of drug-likeness (QED) is 0.460. The van der Waals surface area contributed by atoms with E-state index in [0.717, 1.165) is 29.3 Å². The van der Waals surface area contributed by atoms with Crippen molar-refractivity contribution in [1.29, 1.82) is 0 Å². The Labute approximate surface area is 204 Å². The van der Waals surface area contributed by atoms with Crippen LogP contribution in [0.25, 0.3) is 0 Å². The fraction of sp³-hybridized carbons (Fsp3) is 0.261. The number of urea groups is 1. The smallest absolute Gasteiger partial charge is 0.416 e. The van der Waals surface area contributed by atoms with Crippen molar-refractivity contribution in [2.45, 2.75) is 19.5 Å². The van der Waals surface area contributed by atoms with Gasteiger partial charge in [-0.1, -0.05) is 41.9 Å². The summed E-state index contributed by atoms with van der Waals surface area (Å²) in [4.78, 5) is 26.1. The SMILES string of the molecule is C=C(Cl)CC1(C(=O)OCC)CN(C(=O)Nc2ccc(C(F)(F)F)cc2)N=C1c1ccc(Cl)cc1. The summed E-state index contributed by atoms with van der Waals surface area (Å²) >= 11 is 12.1. The number of hydrogen-bond acceptors (Lipinski definition) is 4. The van der Waals surface area contributed by atoms with Gasteiger partial charge in [-0.3, -0.25) is 4.79 Å². The second-order valence-electron chi connectivity index (χ2n) is 7.52. The van der Waals surface area contributed by atoms with Crippen molar-refractivity contribution in [1.82, 2.24) is 5.01 Å². The lowest BCUT2D eigenvalue weighted by Gasteiger charge is -2.28. The maximum atomic E-state index is 13.1. The van der Waals surface area contributed by atoms with Crippen molar-refractivity contribution >= 4 is 46.6 Å². The van der Waals surface area contributed by atoms with Gasteiger partial charge in [0.15, 0.2) is 0 Å². The topological polar surface area (TPSA) is 71.0 Å². The van der Waals surface area contributed by atoms with Gasteiger partial charge in [-0.15, -0.1) is 0 Å². The first-order chi connectivity index (χ1) is 16.0. The Morgan fingerprint density at radius 2 is 1.79 bits per heavy atom. The maximum Gasteiger partial charge on any atom is 0.416 e. The Morgan fingerprint density at radius 1 is 1.18 bits per heavy atom. The van der Waals surface area contributed by atoms with Gasteiger partial charge in [-0.05, 0) is 48.9 Å². The summed E-state index contributed by atoms with van der Waals surface area (Å²) in [7, 11) is 0. The first-order valence-corrected chi connectivity index (χ1v) is 10.8. The second-order valence-corrected chi connectivity index (χ2v) is 8.49. The fourth-order valence-electron chi connectivity index (χ4n) is 3.54. The first-order valence-electron chi connectivity index (χ1n) is 10.1. The standard InChI is InChI=1S/C23H20Cl2F3N3O3/c1-3-34-20(32)22(12-14(2)24)13-31(30-19(22)15-4-8-17(25)9-5-15)21(33)29-18-10-6-16(7-11-18)23(26,27)28/h4-11H,2-3,12-13H2,1H3,(H,29,33). The number of hydrazone groups is 1. The number of halogens is 5. The normalized spacial score (nSPS) is 17.8. The minimum atomic E-state index is -4.50. The van der Waals surface area contributed by atoms with Gasteiger partial charge in [0.05, 0.1) is 24.4 Å². The molecule has 0 spiro atoms. The molecule has 2 aromatic rings. The van der Waals surface area contributed by atoms with Crippen LogP contribution in [0.3, 0.4) is 0 Å². The summed E-state index contributed by atoms with van der Waals surface area (Å²) < 4.78 is 43.7. The minimum Gasteiger partial charge on any atom is -0.465 e. The highest BCUT2D eigenvalue weighted by Crippen LogP contribution is 2.40. The van der Waals surface area contributed by atoms with Crippen molar-refractivity contribution in [3.8, 4) is 0 Å². The van der Waals surface area contributed by atoms with Crippen LogP contribution in [0.2, 0.25) is 5.02 Å². The lowest BCUT2D eigenvalue weighted by Crippen LogP contribution is -2.45.